The molecule has 0 atom stereocenters. The molecule has 2 aromatic rings. The highest BCUT2D eigenvalue weighted by atomic mass is 16.5. The molecule has 3 nitrogen and oxygen atoms in total. The van der Waals surface area contributed by atoms with Crippen LogP contribution in [0.25, 0.3) is 0 Å². The Balaban J connectivity index is 1.95. The first-order chi connectivity index (χ1) is 10.7. The van der Waals surface area contributed by atoms with E-state index >= 15 is 0 Å². The van der Waals surface area contributed by atoms with E-state index in [1.54, 1.807) is 0 Å². The number of benzene rings is 2. The van der Waals surface area contributed by atoms with Crippen LogP contribution in [0.3, 0.4) is 0 Å². The second-order valence-corrected chi connectivity index (χ2v) is 5.25. The zero-order chi connectivity index (χ0) is 15.8. The summed E-state index contributed by atoms with van der Waals surface area (Å²) < 4.78 is 5.90. The van der Waals surface area contributed by atoms with Crippen LogP contribution in [-0.2, 0) is 6.42 Å². The summed E-state index contributed by atoms with van der Waals surface area (Å²) >= 11 is 0. The quantitative estimate of drug-likeness (QED) is 0.790. The summed E-state index contributed by atoms with van der Waals surface area (Å²) in [6.45, 7) is 5.09. The fraction of sp³-hybridized carbons (Fsp3) is 0.316. The lowest BCUT2D eigenvalue weighted by Crippen LogP contribution is -2.23. The molecule has 0 aromatic heterocycles. The molecule has 0 saturated carbocycles. The van der Waals surface area contributed by atoms with Crippen LogP contribution in [0.1, 0.15) is 34.8 Å². The molecule has 0 saturated heterocycles. The second kappa shape index (κ2) is 8.23. The van der Waals surface area contributed by atoms with Gasteiger partial charge in [0.25, 0.3) is 5.91 Å². The van der Waals surface area contributed by atoms with Gasteiger partial charge < -0.3 is 10.1 Å². The molecule has 0 aliphatic heterocycles. The average molecular weight is 297 g/mol. The van der Waals surface area contributed by atoms with E-state index in [0.717, 1.165) is 18.4 Å². The van der Waals surface area contributed by atoms with Crippen molar-refractivity contribution in [2.75, 3.05) is 13.2 Å². The highest BCUT2D eigenvalue weighted by Gasteiger charge is 2.13. The molecule has 0 aliphatic carbocycles. The molecular formula is C19H23NO2. The maximum Gasteiger partial charge on any atom is 0.255 e. The van der Waals surface area contributed by atoms with Crippen molar-refractivity contribution >= 4 is 5.91 Å². The Bertz CT molecular complexity index is 608. The standard InChI is InChI=1S/C19H23NO2/c1-3-20-19(21)17-13-7-9-15(2)18(17)22-14-8-12-16-10-5-4-6-11-16/h4-7,9-11,13H,3,8,12,14H2,1-2H3,(H,20,21). The summed E-state index contributed by atoms with van der Waals surface area (Å²) in [6, 6.07) is 16.0. The number of carbonyl (C=O) groups excluding carboxylic acids is 1. The molecule has 0 heterocycles. The number of ether oxygens (including phenoxy) is 1. The van der Waals surface area contributed by atoms with E-state index in [-0.39, 0.29) is 5.91 Å². The van der Waals surface area contributed by atoms with Crippen molar-refractivity contribution in [3.8, 4) is 5.75 Å². The summed E-state index contributed by atoms with van der Waals surface area (Å²) in [6.07, 6.45) is 1.90. The summed E-state index contributed by atoms with van der Waals surface area (Å²) in [5, 5.41) is 2.83. The van der Waals surface area contributed by atoms with E-state index in [1.807, 2.05) is 50.2 Å². The smallest absolute Gasteiger partial charge is 0.255 e. The highest BCUT2D eigenvalue weighted by molar-refractivity contribution is 5.97. The Morgan fingerprint density at radius 1 is 1.09 bits per heavy atom. The normalized spacial score (nSPS) is 10.3. The van der Waals surface area contributed by atoms with Crippen LogP contribution in [0, 0.1) is 6.92 Å². The number of amides is 1. The average Bonchev–Trinajstić information content (AvgIpc) is 2.54. The molecule has 0 aliphatic rings. The Morgan fingerprint density at radius 2 is 1.86 bits per heavy atom. The van der Waals surface area contributed by atoms with E-state index < -0.39 is 0 Å². The second-order valence-electron chi connectivity index (χ2n) is 5.25. The fourth-order valence-electron chi connectivity index (χ4n) is 2.37. The molecular weight excluding hydrogens is 274 g/mol. The number of carbonyl (C=O) groups is 1. The lowest BCUT2D eigenvalue weighted by Gasteiger charge is -2.13. The Morgan fingerprint density at radius 3 is 2.59 bits per heavy atom. The summed E-state index contributed by atoms with van der Waals surface area (Å²) in [4.78, 5) is 12.1. The number of para-hydroxylation sites is 1. The molecule has 0 radical (unpaired) electrons. The van der Waals surface area contributed by atoms with Gasteiger partial charge in [0.15, 0.2) is 0 Å². The SMILES string of the molecule is CCNC(=O)c1cccc(C)c1OCCCc1ccccc1. The van der Waals surface area contributed by atoms with Gasteiger partial charge in [0.05, 0.1) is 12.2 Å². The molecule has 1 N–H and O–H groups in total. The van der Waals surface area contributed by atoms with E-state index in [0.29, 0.717) is 24.5 Å². The number of aryl methyl sites for hydroxylation is 2. The summed E-state index contributed by atoms with van der Waals surface area (Å²) in [5.41, 5.74) is 2.91. The minimum absolute atomic E-state index is 0.0794. The Labute approximate surface area is 132 Å². The third-order valence-corrected chi connectivity index (χ3v) is 3.49. The van der Waals surface area contributed by atoms with Crippen molar-refractivity contribution in [1.29, 1.82) is 0 Å². The van der Waals surface area contributed by atoms with Gasteiger partial charge in [0.1, 0.15) is 5.75 Å². The van der Waals surface area contributed by atoms with Crippen molar-refractivity contribution in [3.05, 3.63) is 65.2 Å². The van der Waals surface area contributed by atoms with Gasteiger partial charge >= 0.3 is 0 Å². The number of hydrogen-bond acceptors (Lipinski definition) is 2. The summed E-state index contributed by atoms with van der Waals surface area (Å²) in [5.74, 6) is 0.616. The van der Waals surface area contributed by atoms with Crippen LogP contribution < -0.4 is 10.1 Å². The molecule has 0 spiro atoms. The number of hydrogen-bond donors (Lipinski definition) is 1. The third kappa shape index (κ3) is 4.35. The molecule has 0 fully saturated rings. The monoisotopic (exact) mass is 297 g/mol. The molecule has 116 valence electrons. The third-order valence-electron chi connectivity index (χ3n) is 3.49. The largest absolute Gasteiger partial charge is 0.492 e. The first-order valence-corrected chi connectivity index (χ1v) is 7.77. The van der Waals surface area contributed by atoms with Gasteiger partial charge in [-0.15, -0.1) is 0 Å². The van der Waals surface area contributed by atoms with Gasteiger partial charge in [-0.3, -0.25) is 4.79 Å². The summed E-state index contributed by atoms with van der Waals surface area (Å²) in [7, 11) is 0. The topological polar surface area (TPSA) is 38.3 Å². The maximum atomic E-state index is 12.1. The van der Waals surface area contributed by atoms with Crippen LogP contribution in [-0.4, -0.2) is 19.1 Å². The van der Waals surface area contributed by atoms with Crippen LogP contribution in [0.15, 0.2) is 48.5 Å². The molecule has 1 amide bonds. The molecule has 0 bridgehead atoms. The molecule has 0 unspecified atom stereocenters. The minimum Gasteiger partial charge on any atom is -0.492 e. The van der Waals surface area contributed by atoms with Gasteiger partial charge in [-0.05, 0) is 43.9 Å². The fourth-order valence-corrected chi connectivity index (χ4v) is 2.37. The molecule has 2 rings (SSSR count). The van der Waals surface area contributed by atoms with Crippen molar-refractivity contribution in [2.24, 2.45) is 0 Å². The van der Waals surface area contributed by atoms with E-state index in [2.05, 4.69) is 17.4 Å². The van der Waals surface area contributed by atoms with Crippen LogP contribution in [0.5, 0.6) is 5.75 Å². The number of rotatable bonds is 7. The van der Waals surface area contributed by atoms with E-state index in [1.165, 1.54) is 5.56 Å². The van der Waals surface area contributed by atoms with Crippen molar-refractivity contribution in [1.82, 2.24) is 5.32 Å². The molecule has 22 heavy (non-hydrogen) atoms. The van der Waals surface area contributed by atoms with Crippen molar-refractivity contribution in [2.45, 2.75) is 26.7 Å². The van der Waals surface area contributed by atoms with Crippen LogP contribution in [0.4, 0.5) is 0 Å². The lowest BCUT2D eigenvalue weighted by molar-refractivity contribution is 0.0951. The predicted octanol–water partition coefficient (Wildman–Crippen LogP) is 3.76. The van der Waals surface area contributed by atoms with Gasteiger partial charge in [0.2, 0.25) is 0 Å². The molecule has 2 aromatic carbocycles. The van der Waals surface area contributed by atoms with Crippen molar-refractivity contribution in [3.63, 3.8) is 0 Å². The minimum atomic E-state index is -0.0794. The first kappa shape index (κ1) is 16.1. The van der Waals surface area contributed by atoms with Gasteiger partial charge in [-0.1, -0.05) is 42.5 Å². The van der Waals surface area contributed by atoms with Crippen LogP contribution >= 0.6 is 0 Å². The zero-order valence-electron chi connectivity index (χ0n) is 13.3. The Kier molecular flexibility index (Phi) is 6.01. The van der Waals surface area contributed by atoms with Gasteiger partial charge in [-0.2, -0.15) is 0 Å². The highest BCUT2D eigenvalue weighted by Crippen LogP contribution is 2.23. The van der Waals surface area contributed by atoms with Crippen LogP contribution in [0.2, 0.25) is 0 Å². The Hall–Kier alpha value is -2.29. The molecule has 3 heteroatoms. The van der Waals surface area contributed by atoms with E-state index in [4.69, 9.17) is 4.74 Å². The zero-order valence-corrected chi connectivity index (χ0v) is 13.3. The van der Waals surface area contributed by atoms with Gasteiger partial charge in [-0.25, -0.2) is 0 Å². The maximum absolute atomic E-state index is 12.1. The van der Waals surface area contributed by atoms with Crippen molar-refractivity contribution < 1.29 is 9.53 Å². The van der Waals surface area contributed by atoms with Gasteiger partial charge in [0, 0.05) is 6.54 Å². The number of nitrogens with one attached hydrogen (secondary N) is 1. The predicted molar refractivity (Wildman–Crippen MR) is 89.4 cm³/mol. The van der Waals surface area contributed by atoms with E-state index in [9.17, 15) is 4.79 Å². The first-order valence-electron chi connectivity index (χ1n) is 7.77. The lowest BCUT2D eigenvalue weighted by atomic mass is 10.1.